The van der Waals surface area contributed by atoms with Crippen LogP contribution in [0.2, 0.25) is 0 Å². The number of aryl methyl sites for hydroxylation is 1. The first kappa shape index (κ1) is 15.3. The van der Waals surface area contributed by atoms with Crippen LogP contribution in [-0.4, -0.2) is 21.0 Å². The standard InChI is InChI=1S/C15H10F2N2O3S/c1-6-11-13(20)18-10(19-14(11)23-12(6)15(21)22)5-7-8(16)3-2-4-9(7)17/h2-4H,5H2,1H3,(H,21,22)(H,18,19,20). The summed E-state index contributed by atoms with van der Waals surface area (Å²) in [5.74, 6) is -2.54. The number of aromatic carboxylic acids is 1. The maximum absolute atomic E-state index is 13.7. The fourth-order valence-electron chi connectivity index (χ4n) is 2.34. The van der Waals surface area contributed by atoms with Crippen LogP contribution in [0.4, 0.5) is 8.78 Å². The molecule has 0 fully saturated rings. The second kappa shape index (κ2) is 5.54. The van der Waals surface area contributed by atoms with Gasteiger partial charge in [0.2, 0.25) is 0 Å². The Labute approximate surface area is 132 Å². The molecule has 0 atom stereocenters. The van der Waals surface area contributed by atoms with Crippen molar-refractivity contribution >= 4 is 27.5 Å². The zero-order chi connectivity index (χ0) is 16.7. The van der Waals surface area contributed by atoms with E-state index in [0.717, 1.165) is 23.5 Å². The molecule has 0 saturated heterocycles. The highest BCUT2D eigenvalue weighted by Gasteiger charge is 2.19. The molecule has 0 unspecified atom stereocenters. The lowest BCUT2D eigenvalue weighted by Gasteiger charge is -2.04. The average Bonchev–Trinajstić information content (AvgIpc) is 2.81. The van der Waals surface area contributed by atoms with Gasteiger partial charge in [0.1, 0.15) is 27.2 Å². The summed E-state index contributed by atoms with van der Waals surface area (Å²) < 4.78 is 27.4. The number of nitrogens with one attached hydrogen (secondary N) is 1. The molecule has 2 aromatic heterocycles. The van der Waals surface area contributed by atoms with E-state index in [-0.39, 0.29) is 32.9 Å². The molecular weight excluding hydrogens is 326 g/mol. The molecule has 0 bridgehead atoms. The first-order valence-electron chi connectivity index (χ1n) is 6.57. The summed E-state index contributed by atoms with van der Waals surface area (Å²) in [6.45, 7) is 1.52. The first-order chi connectivity index (χ1) is 10.9. The van der Waals surface area contributed by atoms with E-state index in [2.05, 4.69) is 9.97 Å². The van der Waals surface area contributed by atoms with Crippen molar-refractivity contribution in [1.82, 2.24) is 9.97 Å². The van der Waals surface area contributed by atoms with E-state index in [1.54, 1.807) is 0 Å². The summed E-state index contributed by atoms with van der Waals surface area (Å²) in [7, 11) is 0. The van der Waals surface area contributed by atoms with Gasteiger partial charge in [0.05, 0.1) is 5.39 Å². The molecule has 0 saturated carbocycles. The van der Waals surface area contributed by atoms with Crippen LogP contribution in [0.3, 0.4) is 0 Å². The van der Waals surface area contributed by atoms with Crippen LogP contribution in [0.15, 0.2) is 23.0 Å². The Morgan fingerprint density at radius 2 is 2.00 bits per heavy atom. The number of hydrogen-bond donors (Lipinski definition) is 2. The molecule has 0 amide bonds. The Balaban J connectivity index is 2.14. The van der Waals surface area contributed by atoms with Crippen molar-refractivity contribution < 1.29 is 18.7 Å². The molecule has 2 heterocycles. The largest absolute Gasteiger partial charge is 0.477 e. The minimum Gasteiger partial charge on any atom is -0.477 e. The number of carboxylic acid groups (broad SMARTS) is 1. The zero-order valence-corrected chi connectivity index (χ0v) is 12.6. The number of aromatic nitrogens is 2. The van der Waals surface area contributed by atoms with Gasteiger partial charge < -0.3 is 10.1 Å². The third-order valence-electron chi connectivity index (χ3n) is 3.45. The molecule has 23 heavy (non-hydrogen) atoms. The first-order valence-corrected chi connectivity index (χ1v) is 7.38. The van der Waals surface area contributed by atoms with Gasteiger partial charge in [0, 0.05) is 12.0 Å². The number of carbonyl (C=O) groups is 1. The minimum absolute atomic E-state index is 0.0206. The Hall–Kier alpha value is -2.61. The molecule has 0 aliphatic rings. The van der Waals surface area contributed by atoms with E-state index in [0.29, 0.717) is 5.56 Å². The van der Waals surface area contributed by atoms with Crippen molar-refractivity contribution in [3.05, 3.63) is 62.0 Å². The normalized spacial score (nSPS) is 11.1. The zero-order valence-electron chi connectivity index (χ0n) is 11.8. The van der Waals surface area contributed by atoms with Gasteiger partial charge in [-0.1, -0.05) is 6.07 Å². The lowest BCUT2D eigenvalue weighted by Crippen LogP contribution is -2.13. The van der Waals surface area contributed by atoms with Crippen molar-refractivity contribution in [3.8, 4) is 0 Å². The number of H-pyrrole nitrogens is 1. The van der Waals surface area contributed by atoms with Crippen LogP contribution in [0, 0.1) is 18.6 Å². The second-order valence-corrected chi connectivity index (χ2v) is 5.93. The van der Waals surface area contributed by atoms with Crippen molar-refractivity contribution in [1.29, 1.82) is 0 Å². The van der Waals surface area contributed by atoms with Crippen molar-refractivity contribution in [2.45, 2.75) is 13.3 Å². The molecule has 3 rings (SSSR count). The number of nitrogens with zero attached hydrogens (tertiary/aromatic N) is 1. The van der Waals surface area contributed by atoms with E-state index in [1.807, 2.05) is 0 Å². The number of thiophene rings is 1. The van der Waals surface area contributed by atoms with E-state index in [4.69, 9.17) is 5.11 Å². The summed E-state index contributed by atoms with van der Waals surface area (Å²) in [5.41, 5.74) is -0.403. The Morgan fingerprint density at radius 3 is 2.61 bits per heavy atom. The van der Waals surface area contributed by atoms with Gasteiger partial charge in [0.15, 0.2) is 0 Å². The van der Waals surface area contributed by atoms with Crippen molar-refractivity contribution in [2.75, 3.05) is 0 Å². The topological polar surface area (TPSA) is 83.0 Å². The Morgan fingerprint density at radius 1 is 1.35 bits per heavy atom. The highest BCUT2D eigenvalue weighted by Crippen LogP contribution is 2.27. The highest BCUT2D eigenvalue weighted by molar-refractivity contribution is 7.20. The molecule has 8 heteroatoms. The predicted molar refractivity (Wildman–Crippen MR) is 81.1 cm³/mol. The number of aromatic amines is 1. The predicted octanol–water partition coefficient (Wildman–Crippen LogP) is 2.86. The minimum atomic E-state index is -1.15. The molecule has 2 N–H and O–H groups in total. The molecule has 0 spiro atoms. The Kier molecular flexibility index (Phi) is 3.69. The van der Waals surface area contributed by atoms with Gasteiger partial charge in [0.25, 0.3) is 5.56 Å². The van der Waals surface area contributed by atoms with Crippen LogP contribution >= 0.6 is 11.3 Å². The summed E-state index contributed by atoms with van der Waals surface area (Å²) in [5, 5.41) is 9.29. The quantitative estimate of drug-likeness (QED) is 0.770. The van der Waals surface area contributed by atoms with E-state index in [9.17, 15) is 18.4 Å². The molecule has 3 aromatic rings. The summed E-state index contributed by atoms with van der Waals surface area (Å²) in [6.07, 6.45) is -0.233. The van der Waals surface area contributed by atoms with Gasteiger partial charge in [-0.25, -0.2) is 18.6 Å². The number of hydrogen-bond acceptors (Lipinski definition) is 4. The average molecular weight is 336 g/mol. The van der Waals surface area contributed by atoms with Crippen molar-refractivity contribution in [2.24, 2.45) is 0 Å². The lowest BCUT2D eigenvalue weighted by molar-refractivity contribution is 0.0701. The molecular formula is C15H10F2N2O3S. The summed E-state index contributed by atoms with van der Waals surface area (Å²) in [4.78, 5) is 30.1. The molecule has 118 valence electrons. The van der Waals surface area contributed by atoms with Gasteiger partial charge in [-0.3, -0.25) is 4.79 Å². The van der Waals surface area contributed by atoms with E-state index >= 15 is 0 Å². The summed E-state index contributed by atoms with van der Waals surface area (Å²) in [6, 6.07) is 3.48. The van der Waals surface area contributed by atoms with Crippen LogP contribution in [0.5, 0.6) is 0 Å². The second-order valence-electron chi connectivity index (χ2n) is 4.93. The van der Waals surface area contributed by atoms with E-state index < -0.39 is 23.2 Å². The fourth-order valence-corrected chi connectivity index (χ4v) is 3.38. The number of halogens is 2. The number of rotatable bonds is 3. The van der Waals surface area contributed by atoms with Crippen LogP contribution in [-0.2, 0) is 6.42 Å². The van der Waals surface area contributed by atoms with Gasteiger partial charge in [-0.15, -0.1) is 11.3 Å². The molecule has 0 aliphatic carbocycles. The lowest BCUT2D eigenvalue weighted by atomic mass is 10.1. The maximum Gasteiger partial charge on any atom is 0.346 e. The smallest absolute Gasteiger partial charge is 0.346 e. The molecule has 5 nitrogen and oxygen atoms in total. The number of fused-ring (bicyclic) bond motifs is 1. The number of benzene rings is 1. The van der Waals surface area contributed by atoms with Gasteiger partial charge in [-0.2, -0.15) is 0 Å². The number of carboxylic acids is 1. The molecule has 0 radical (unpaired) electrons. The SMILES string of the molecule is Cc1c(C(=O)O)sc2nc(Cc3c(F)cccc3F)[nH]c(=O)c12. The van der Waals surface area contributed by atoms with E-state index in [1.165, 1.54) is 13.0 Å². The molecule has 0 aliphatic heterocycles. The maximum atomic E-state index is 13.7. The Bertz CT molecular complexity index is 974. The third-order valence-corrected chi connectivity index (χ3v) is 4.62. The third kappa shape index (κ3) is 2.61. The van der Waals surface area contributed by atoms with Crippen LogP contribution < -0.4 is 5.56 Å². The summed E-state index contributed by atoms with van der Waals surface area (Å²) >= 11 is 0.861. The molecule has 1 aromatic carbocycles. The fraction of sp³-hybridized carbons (Fsp3) is 0.133. The van der Waals surface area contributed by atoms with Crippen LogP contribution in [0.1, 0.15) is 26.6 Å². The monoisotopic (exact) mass is 336 g/mol. The van der Waals surface area contributed by atoms with Gasteiger partial charge in [-0.05, 0) is 24.6 Å². The van der Waals surface area contributed by atoms with Crippen molar-refractivity contribution in [3.63, 3.8) is 0 Å². The highest BCUT2D eigenvalue weighted by atomic mass is 32.1. The van der Waals surface area contributed by atoms with Crippen LogP contribution in [0.25, 0.3) is 10.2 Å². The van der Waals surface area contributed by atoms with Gasteiger partial charge >= 0.3 is 5.97 Å².